The van der Waals surface area contributed by atoms with Gasteiger partial charge in [0.05, 0.1) is 16.4 Å². The minimum absolute atomic E-state index is 0.266. The van der Waals surface area contributed by atoms with Gasteiger partial charge in [-0.1, -0.05) is 48.3 Å². The first-order valence-corrected chi connectivity index (χ1v) is 7.02. The molecule has 0 radical (unpaired) electrons. The highest BCUT2D eigenvalue weighted by molar-refractivity contribution is 9.09. The average Bonchev–Trinajstić information content (AvgIpc) is 2.40. The van der Waals surface area contributed by atoms with Gasteiger partial charge >= 0.3 is 0 Å². The van der Waals surface area contributed by atoms with Gasteiger partial charge in [0.15, 0.2) is 0 Å². The van der Waals surface area contributed by atoms with Crippen LogP contribution in [0.2, 0.25) is 5.02 Å². The molecule has 4 heteroatoms. The molecule has 2 nitrogen and oxygen atoms in total. The van der Waals surface area contributed by atoms with Gasteiger partial charge < -0.3 is 0 Å². The molecule has 16 heavy (non-hydrogen) atoms. The van der Waals surface area contributed by atoms with Gasteiger partial charge in [-0.15, -0.1) is 0 Å². The highest BCUT2D eigenvalue weighted by Gasteiger charge is 2.25. The van der Waals surface area contributed by atoms with Crippen molar-refractivity contribution >= 4 is 27.5 Å². The van der Waals surface area contributed by atoms with Crippen LogP contribution in [0.25, 0.3) is 0 Å². The van der Waals surface area contributed by atoms with E-state index < -0.39 is 0 Å². The molecule has 0 bridgehead atoms. The molecule has 1 aromatic rings. The molecule has 0 spiro atoms. The van der Waals surface area contributed by atoms with E-state index in [0.717, 1.165) is 28.3 Å². The molecule has 1 atom stereocenters. The van der Waals surface area contributed by atoms with Crippen molar-refractivity contribution in [2.75, 3.05) is 5.33 Å². The lowest BCUT2D eigenvalue weighted by molar-refractivity contribution is 0.230. The third-order valence-corrected chi connectivity index (χ3v) is 4.43. The molecule has 0 saturated carbocycles. The zero-order valence-corrected chi connectivity index (χ0v) is 13.0. The highest BCUT2D eigenvalue weighted by atomic mass is 79.9. The molecule has 0 fully saturated rings. The van der Waals surface area contributed by atoms with Crippen LogP contribution in [-0.2, 0) is 6.54 Å². The van der Waals surface area contributed by atoms with Crippen LogP contribution in [0.1, 0.15) is 32.2 Å². The number of aryl methyl sites for hydroxylation is 1. The summed E-state index contributed by atoms with van der Waals surface area (Å²) in [5.41, 5.74) is 2.25. The molecule has 1 rings (SSSR count). The molecule has 0 amide bonds. The lowest BCUT2D eigenvalue weighted by Crippen LogP contribution is -2.27. The number of aromatic nitrogens is 2. The fourth-order valence-electron chi connectivity index (χ4n) is 1.62. The van der Waals surface area contributed by atoms with Crippen molar-refractivity contribution in [3.8, 4) is 0 Å². The Labute approximate surface area is 111 Å². The van der Waals surface area contributed by atoms with Crippen LogP contribution in [-0.4, -0.2) is 15.1 Å². The van der Waals surface area contributed by atoms with Crippen molar-refractivity contribution in [3.63, 3.8) is 0 Å². The first-order valence-electron chi connectivity index (χ1n) is 5.52. The van der Waals surface area contributed by atoms with Crippen molar-refractivity contribution in [2.24, 2.45) is 11.3 Å². The third-order valence-electron chi connectivity index (χ3n) is 3.10. The third kappa shape index (κ3) is 3.01. The van der Waals surface area contributed by atoms with Gasteiger partial charge in [-0.05, 0) is 25.2 Å². The fourth-order valence-corrected chi connectivity index (χ4v) is 2.93. The van der Waals surface area contributed by atoms with Crippen LogP contribution in [0, 0.1) is 25.2 Å². The minimum Gasteiger partial charge on any atom is -0.268 e. The van der Waals surface area contributed by atoms with E-state index in [0.29, 0.717) is 5.92 Å². The number of hydrogen-bond donors (Lipinski definition) is 0. The minimum atomic E-state index is 0.266. The van der Waals surface area contributed by atoms with E-state index in [4.69, 9.17) is 11.6 Å². The summed E-state index contributed by atoms with van der Waals surface area (Å²) in [6.45, 7) is 11.7. The summed E-state index contributed by atoms with van der Waals surface area (Å²) >= 11 is 9.73. The van der Waals surface area contributed by atoms with Gasteiger partial charge in [0, 0.05) is 11.9 Å². The summed E-state index contributed by atoms with van der Waals surface area (Å²) in [5.74, 6) is 0.543. The van der Waals surface area contributed by atoms with Crippen molar-refractivity contribution in [3.05, 3.63) is 16.4 Å². The number of alkyl halides is 1. The standard InChI is InChI=1S/C12H20BrClN2/c1-8-11(14)9(2)16(15-8)7-10(6-13)12(3,4)5/h10H,6-7H2,1-5H3. The SMILES string of the molecule is Cc1nn(CC(CBr)C(C)(C)C)c(C)c1Cl. The van der Waals surface area contributed by atoms with Gasteiger partial charge in [-0.2, -0.15) is 5.10 Å². The normalized spacial score (nSPS) is 14.2. The Kier molecular flexibility index (Phi) is 4.47. The van der Waals surface area contributed by atoms with Crippen molar-refractivity contribution in [1.29, 1.82) is 0 Å². The predicted octanol–water partition coefficient (Wildman–Crippen LogP) is 4.21. The van der Waals surface area contributed by atoms with Crippen LogP contribution in [0.15, 0.2) is 0 Å². The molecule has 1 aromatic heterocycles. The van der Waals surface area contributed by atoms with Gasteiger partial charge in [0.25, 0.3) is 0 Å². The first kappa shape index (κ1) is 14.0. The molecular weight excluding hydrogens is 288 g/mol. The van der Waals surface area contributed by atoms with Crippen molar-refractivity contribution < 1.29 is 0 Å². The molecule has 1 heterocycles. The number of hydrogen-bond acceptors (Lipinski definition) is 1. The molecule has 0 N–H and O–H groups in total. The molecule has 0 saturated heterocycles. The van der Waals surface area contributed by atoms with E-state index in [1.807, 2.05) is 18.5 Å². The second-order valence-corrected chi connectivity index (χ2v) is 6.41. The summed E-state index contributed by atoms with van der Waals surface area (Å²) in [4.78, 5) is 0. The average molecular weight is 308 g/mol. The number of halogens is 2. The number of rotatable bonds is 3. The first-order chi connectivity index (χ1) is 7.27. The zero-order chi connectivity index (χ0) is 12.5. The zero-order valence-electron chi connectivity index (χ0n) is 10.6. The lowest BCUT2D eigenvalue weighted by atomic mass is 9.82. The summed E-state index contributed by atoms with van der Waals surface area (Å²) < 4.78 is 2.02. The molecule has 1 unspecified atom stereocenters. The van der Waals surface area contributed by atoms with E-state index in [1.54, 1.807) is 0 Å². The quantitative estimate of drug-likeness (QED) is 0.765. The summed E-state index contributed by atoms with van der Waals surface area (Å²) in [6, 6.07) is 0. The Morgan fingerprint density at radius 3 is 2.25 bits per heavy atom. The fraction of sp³-hybridized carbons (Fsp3) is 0.750. The molecule has 0 aliphatic rings. The Hall–Kier alpha value is -0.0200. The van der Waals surface area contributed by atoms with Crippen LogP contribution in [0.4, 0.5) is 0 Å². The summed E-state index contributed by atoms with van der Waals surface area (Å²) in [5, 5.41) is 6.25. The maximum Gasteiger partial charge on any atom is 0.0844 e. The van der Waals surface area contributed by atoms with E-state index in [2.05, 4.69) is 41.8 Å². The van der Waals surface area contributed by atoms with Gasteiger partial charge in [-0.25, -0.2) is 0 Å². The Balaban J connectivity index is 2.91. The summed E-state index contributed by atoms with van der Waals surface area (Å²) in [7, 11) is 0. The van der Waals surface area contributed by atoms with E-state index in [1.165, 1.54) is 0 Å². The van der Waals surface area contributed by atoms with Crippen molar-refractivity contribution in [1.82, 2.24) is 9.78 Å². The topological polar surface area (TPSA) is 17.8 Å². The summed E-state index contributed by atoms with van der Waals surface area (Å²) in [6.07, 6.45) is 0. The van der Waals surface area contributed by atoms with Gasteiger partial charge in [0.1, 0.15) is 0 Å². The Morgan fingerprint density at radius 1 is 1.38 bits per heavy atom. The second-order valence-electron chi connectivity index (χ2n) is 5.38. The predicted molar refractivity (Wildman–Crippen MR) is 73.5 cm³/mol. The molecule has 92 valence electrons. The highest BCUT2D eigenvalue weighted by Crippen LogP contribution is 2.30. The van der Waals surface area contributed by atoms with E-state index >= 15 is 0 Å². The smallest absolute Gasteiger partial charge is 0.0844 e. The van der Waals surface area contributed by atoms with Gasteiger partial charge in [0.2, 0.25) is 0 Å². The molecule has 0 aliphatic carbocycles. The Morgan fingerprint density at radius 2 is 1.94 bits per heavy atom. The number of nitrogens with zero attached hydrogens (tertiary/aromatic N) is 2. The van der Waals surface area contributed by atoms with Crippen LogP contribution in [0.5, 0.6) is 0 Å². The molecule has 0 aliphatic heterocycles. The van der Waals surface area contributed by atoms with E-state index in [-0.39, 0.29) is 5.41 Å². The largest absolute Gasteiger partial charge is 0.268 e. The van der Waals surface area contributed by atoms with Crippen LogP contribution in [0.3, 0.4) is 0 Å². The van der Waals surface area contributed by atoms with Gasteiger partial charge in [-0.3, -0.25) is 4.68 Å². The monoisotopic (exact) mass is 306 g/mol. The van der Waals surface area contributed by atoms with E-state index in [9.17, 15) is 0 Å². The maximum atomic E-state index is 6.14. The van der Waals surface area contributed by atoms with Crippen LogP contribution >= 0.6 is 27.5 Å². The second kappa shape index (κ2) is 5.09. The lowest BCUT2D eigenvalue weighted by Gasteiger charge is -2.29. The molecular formula is C12H20BrClN2. The van der Waals surface area contributed by atoms with Crippen molar-refractivity contribution in [2.45, 2.75) is 41.2 Å². The Bertz CT molecular complexity index is 366. The maximum absolute atomic E-state index is 6.14. The van der Waals surface area contributed by atoms with Crippen LogP contribution < -0.4 is 0 Å². The molecule has 0 aromatic carbocycles.